The van der Waals surface area contributed by atoms with Gasteiger partial charge in [0.25, 0.3) is 0 Å². The lowest BCUT2D eigenvalue weighted by atomic mass is 9.89. The van der Waals surface area contributed by atoms with Crippen molar-refractivity contribution in [2.75, 3.05) is 6.61 Å². The van der Waals surface area contributed by atoms with Gasteiger partial charge >= 0.3 is 6.09 Å². The number of hydrogen-bond donors (Lipinski definition) is 0. The number of rotatable bonds is 12. The van der Waals surface area contributed by atoms with Crippen molar-refractivity contribution >= 4 is 12.4 Å². The van der Waals surface area contributed by atoms with Gasteiger partial charge in [0.2, 0.25) is 0 Å². The number of aldehydes is 1. The lowest BCUT2D eigenvalue weighted by molar-refractivity contribution is -0.168. The summed E-state index contributed by atoms with van der Waals surface area (Å²) in [6, 6.07) is 28.8. The summed E-state index contributed by atoms with van der Waals surface area (Å²) >= 11 is 0. The van der Waals surface area contributed by atoms with Crippen molar-refractivity contribution < 1.29 is 28.5 Å². The molecule has 3 aromatic rings. The number of carbonyl (C=O) groups is 2. The van der Waals surface area contributed by atoms with E-state index in [1.54, 1.807) is 4.90 Å². The number of piperidine rings is 1. The fourth-order valence-corrected chi connectivity index (χ4v) is 5.09. The molecule has 1 heterocycles. The number of hydrogen-bond acceptors (Lipinski definition) is 6. The molecule has 0 saturated carbocycles. The van der Waals surface area contributed by atoms with Crippen molar-refractivity contribution in [3.63, 3.8) is 0 Å². The highest BCUT2D eigenvalue weighted by atomic mass is 16.6. The molecule has 0 radical (unpaired) electrons. The molecule has 4 atom stereocenters. The van der Waals surface area contributed by atoms with Crippen LogP contribution in [0.15, 0.2) is 91.0 Å². The number of benzene rings is 3. The molecule has 218 valence electrons. The molecule has 41 heavy (non-hydrogen) atoms. The topological polar surface area (TPSA) is 74.3 Å². The van der Waals surface area contributed by atoms with Gasteiger partial charge in [0.1, 0.15) is 18.0 Å². The van der Waals surface area contributed by atoms with Gasteiger partial charge in [-0.3, -0.25) is 4.90 Å². The Morgan fingerprint density at radius 3 is 1.83 bits per heavy atom. The predicted octanol–water partition coefficient (Wildman–Crippen LogP) is 6.34. The van der Waals surface area contributed by atoms with E-state index in [-0.39, 0.29) is 19.1 Å². The number of carbonyl (C=O) groups excluding carboxylic acids is 2. The van der Waals surface area contributed by atoms with Crippen molar-refractivity contribution in [2.24, 2.45) is 0 Å². The molecule has 1 amide bonds. The van der Waals surface area contributed by atoms with Gasteiger partial charge in [0, 0.05) is 12.5 Å². The van der Waals surface area contributed by atoms with Crippen LogP contribution in [0.2, 0.25) is 0 Å². The summed E-state index contributed by atoms with van der Waals surface area (Å²) in [5, 5.41) is 0. The minimum Gasteiger partial charge on any atom is -0.444 e. The summed E-state index contributed by atoms with van der Waals surface area (Å²) in [4.78, 5) is 27.2. The summed E-state index contributed by atoms with van der Waals surface area (Å²) in [7, 11) is 0. The molecule has 7 nitrogen and oxygen atoms in total. The summed E-state index contributed by atoms with van der Waals surface area (Å²) in [5.74, 6) is 0. The Bertz CT molecular complexity index is 1200. The molecule has 3 aromatic carbocycles. The molecule has 1 saturated heterocycles. The Morgan fingerprint density at radius 2 is 1.32 bits per heavy atom. The summed E-state index contributed by atoms with van der Waals surface area (Å²) in [6.07, 6.45) is 0.0406. The lowest BCUT2D eigenvalue weighted by Crippen LogP contribution is -2.64. The summed E-state index contributed by atoms with van der Waals surface area (Å²) in [6.45, 7) is 6.78. The molecule has 0 spiro atoms. The van der Waals surface area contributed by atoms with Crippen LogP contribution in [0, 0.1) is 0 Å². The monoisotopic (exact) mass is 559 g/mol. The first-order chi connectivity index (χ1) is 19.8. The van der Waals surface area contributed by atoms with E-state index in [0.29, 0.717) is 26.2 Å². The van der Waals surface area contributed by atoms with Crippen molar-refractivity contribution in [2.45, 2.75) is 83.3 Å². The Hall–Kier alpha value is -3.52. The van der Waals surface area contributed by atoms with Crippen molar-refractivity contribution in [3.05, 3.63) is 108 Å². The molecule has 1 aliphatic heterocycles. The van der Waals surface area contributed by atoms with E-state index in [1.165, 1.54) is 0 Å². The largest absolute Gasteiger partial charge is 0.444 e. The summed E-state index contributed by atoms with van der Waals surface area (Å²) in [5.41, 5.74) is 2.36. The first-order valence-electron chi connectivity index (χ1n) is 14.2. The average molecular weight is 560 g/mol. The third kappa shape index (κ3) is 9.25. The number of nitrogens with zero attached hydrogens (tertiary/aromatic N) is 1. The van der Waals surface area contributed by atoms with Crippen LogP contribution in [0.1, 0.15) is 50.3 Å². The quantitative estimate of drug-likeness (QED) is 0.241. The van der Waals surface area contributed by atoms with Crippen molar-refractivity contribution in [1.29, 1.82) is 0 Å². The van der Waals surface area contributed by atoms with Gasteiger partial charge in [-0.2, -0.15) is 0 Å². The second-order valence-corrected chi connectivity index (χ2v) is 11.3. The van der Waals surface area contributed by atoms with Crippen molar-refractivity contribution in [1.82, 2.24) is 4.90 Å². The van der Waals surface area contributed by atoms with Gasteiger partial charge in [0.15, 0.2) is 0 Å². The predicted molar refractivity (Wildman–Crippen MR) is 157 cm³/mol. The van der Waals surface area contributed by atoms with Gasteiger partial charge < -0.3 is 23.7 Å². The second kappa shape index (κ2) is 14.9. The number of amides is 1. The fraction of sp³-hybridized carbons (Fsp3) is 0.412. The molecule has 0 unspecified atom stereocenters. The third-order valence-electron chi connectivity index (χ3n) is 6.97. The maximum Gasteiger partial charge on any atom is 0.410 e. The SMILES string of the molecule is CC(C)(C)OC(=O)N1[C@@H](CC=O)C[C@H](OCc2ccccc2)[C@@H](OCc2ccccc2)[C@H]1COCc1ccccc1. The minimum atomic E-state index is -0.709. The van der Waals surface area contributed by atoms with Crippen molar-refractivity contribution in [3.8, 4) is 0 Å². The molecule has 4 rings (SSSR count). The Balaban J connectivity index is 1.64. The van der Waals surface area contributed by atoms with Crippen LogP contribution in [0.4, 0.5) is 4.79 Å². The zero-order valence-corrected chi connectivity index (χ0v) is 24.2. The first-order valence-corrected chi connectivity index (χ1v) is 14.2. The Kier molecular flexibility index (Phi) is 11.1. The highest BCUT2D eigenvalue weighted by molar-refractivity contribution is 5.70. The van der Waals surface area contributed by atoms with E-state index in [4.69, 9.17) is 18.9 Å². The maximum absolute atomic E-state index is 13.7. The fourth-order valence-electron chi connectivity index (χ4n) is 5.09. The van der Waals surface area contributed by atoms with Gasteiger partial charge in [0.05, 0.1) is 38.6 Å². The van der Waals surface area contributed by atoms with E-state index in [2.05, 4.69) is 0 Å². The van der Waals surface area contributed by atoms with Crippen LogP contribution in [0.25, 0.3) is 0 Å². The molecule has 1 aliphatic rings. The number of likely N-dealkylation sites (tertiary alicyclic amines) is 1. The van der Waals surface area contributed by atoms with Crippen LogP contribution in [0.5, 0.6) is 0 Å². The molecule has 7 heteroatoms. The molecule has 0 N–H and O–H groups in total. The Morgan fingerprint density at radius 1 is 0.805 bits per heavy atom. The molecular weight excluding hydrogens is 518 g/mol. The van der Waals surface area contributed by atoms with Gasteiger partial charge in [-0.15, -0.1) is 0 Å². The second-order valence-electron chi connectivity index (χ2n) is 11.3. The molecule has 0 bridgehead atoms. The van der Waals surface area contributed by atoms with Gasteiger partial charge in [-0.05, 0) is 43.9 Å². The van der Waals surface area contributed by atoms with E-state index >= 15 is 0 Å². The molecule has 0 aliphatic carbocycles. The highest BCUT2D eigenvalue weighted by Crippen LogP contribution is 2.33. The third-order valence-corrected chi connectivity index (χ3v) is 6.97. The minimum absolute atomic E-state index is 0.158. The first kappa shape index (κ1) is 30.4. The molecular formula is C34H41NO6. The van der Waals surface area contributed by atoms with Crippen LogP contribution in [-0.4, -0.2) is 53.8 Å². The maximum atomic E-state index is 13.7. The molecule has 0 aromatic heterocycles. The van der Waals surface area contributed by atoms with Crippen LogP contribution in [0.3, 0.4) is 0 Å². The van der Waals surface area contributed by atoms with Crippen LogP contribution in [-0.2, 0) is 43.6 Å². The normalized spacial score (nSPS) is 20.9. The van der Waals surface area contributed by atoms with E-state index in [9.17, 15) is 9.59 Å². The van der Waals surface area contributed by atoms with E-state index < -0.39 is 29.9 Å². The smallest absolute Gasteiger partial charge is 0.410 e. The highest BCUT2D eigenvalue weighted by Gasteiger charge is 2.48. The van der Waals surface area contributed by atoms with E-state index in [0.717, 1.165) is 23.0 Å². The average Bonchev–Trinajstić information content (AvgIpc) is 2.96. The molecule has 1 fully saturated rings. The van der Waals surface area contributed by atoms with Gasteiger partial charge in [-0.1, -0.05) is 91.0 Å². The van der Waals surface area contributed by atoms with Crippen LogP contribution < -0.4 is 0 Å². The van der Waals surface area contributed by atoms with Crippen LogP contribution >= 0.6 is 0 Å². The number of ether oxygens (including phenoxy) is 4. The Labute approximate surface area is 243 Å². The lowest BCUT2D eigenvalue weighted by Gasteiger charge is -2.48. The standard InChI is InChI=1S/C34H41NO6/c1-34(2,3)41-33(37)35-29(19-20-36)21-31(39-23-27-15-9-5-10-16-27)32(40-24-28-17-11-6-12-18-28)30(35)25-38-22-26-13-7-4-8-14-26/h4-18,20,29-32H,19,21-25H2,1-3H3/t29-,30+,31-,32-/m0/s1. The zero-order chi connectivity index (χ0) is 29.1. The summed E-state index contributed by atoms with van der Waals surface area (Å²) < 4.78 is 25.1. The van der Waals surface area contributed by atoms with E-state index in [1.807, 2.05) is 112 Å². The zero-order valence-electron chi connectivity index (χ0n) is 24.2. The van der Waals surface area contributed by atoms with Gasteiger partial charge in [-0.25, -0.2) is 4.79 Å².